The molecule has 2 fully saturated rings. The summed E-state index contributed by atoms with van der Waals surface area (Å²) in [6, 6.07) is 0. The van der Waals surface area contributed by atoms with E-state index in [0.29, 0.717) is 49.9 Å². The summed E-state index contributed by atoms with van der Waals surface area (Å²) in [6.07, 6.45) is 1.16. The van der Waals surface area contributed by atoms with E-state index in [0.717, 1.165) is 19.5 Å². The number of morpholine rings is 1. The molecule has 9 nitrogen and oxygen atoms in total. The first-order valence-corrected chi connectivity index (χ1v) is 8.35. The SMILES string of the molecule is C[C@H]1C[C@H](C)CN(c2nc(N)c([N+](=O)[O-])c(N3CCOCC3)n2)C1. The van der Waals surface area contributed by atoms with Crippen LogP contribution in [0.1, 0.15) is 20.3 Å². The van der Waals surface area contributed by atoms with Crippen molar-refractivity contribution >= 4 is 23.3 Å². The molecule has 132 valence electrons. The predicted molar refractivity (Wildman–Crippen MR) is 91.3 cm³/mol. The topological polar surface area (TPSA) is 111 Å². The summed E-state index contributed by atoms with van der Waals surface area (Å²) in [5, 5.41) is 11.5. The van der Waals surface area contributed by atoms with E-state index in [1.807, 2.05) is 4.90 Å². The average Bonchev–Trinajstić information content (AvgIpc) is 2.53. The summed E-state index contributed by atoms with van der Waals surface area (Å²) in [5.74, 6) is 1.77. The number of ether oxygens (including phenoxy) is 1. The van der Waals surface area contributed by atoms with Crippen molar-refractivity contribution in [2.75, 3.05) is 54.9 Å². The molecule has 1 aromatic heterocycles. The number of nitrogen functional groups attached to an aromatic ring is 1. The summed E-state index contributed by atoms with van der Waals surface area (Å²) in [4.78, 5) is 23.7. The fourth-order valence-corrected chi connectivity index (χ4v) is 3.59. The number of hydrogen-bond donors (Lipinski definition) is 1. The Kier molecular flexibility index (Phi) is 4.70. The summed E-state index contributed by atoms with van der Waals surface area (Å²) in [5.41, 5.74) is 5.72. The van der Waals surface area contributed by atoms with Gasteiger partial charge in [0.05, 0.1) is 18.1 Å². The zero-order valence-corrected chi connectivity index (χ0v) is 14.1. The van der Waals surface area contributed by atoms with E-state index in [1.165, 1.54) is 0 Å². The van der Waals surface area contributed by atoms with E-state index in [2.05, 4.69) is 28.7 Å². The Bertz CT molecular complexity index is 609. The van der Waals surface area contributed by atoms with Crippen LogP contribution in [0, 0.1) is 22.0 Å². The van der Waals surface area contributed by atoms with E-state index in [9.17, 15) is 10.1 Å². The Hall–Kier alpha value is -2.16. The third kappa shape index (κ3) is 3.35. The van der Waals surface area contributed by atoms with Gasteiger partial charge in [-0.2, -0.15) is 9.97 Å². The van der Waals surface area contributed by atoms with Crippen LogP contribution in [0.4, 0.5) is 23.3 Å². The number of nitrogens with zero attached hydrogens (tertiary/aromatic N) is 5. The number of piperidine rings is 1. The molecule has 24 heavy (non-hydrogen) atoms. The van der Waals surface area contributed by atoms with Gasteiger partial charge < -0.3 is 20.3 Å². The van der Waals surface area contributed by atoms with Crippen molar-refractivity contribution in [3.63, 3.8) is 0 Å². The van der Waals surface area contributed by atoms with Gasteiger partial charge in [0, 0.05) is 26.2 Å². The second-order valence-corrected chi connectivity index (χ2v) is 6.79. The molecule has 1 aromatic rings. The molecule has 0 unspecified atom stereocenters. The summed E-state index contributed by atoms with van der Waals surface area (Å²) in [6.45, 7) is 8.23. The molecule has 0 aromatic carbocycles. The average molecular weight is 336 g/mol. The maximum absolute atomic E-state index is 11.5. The Labute approximate surface area is 140 Å². The largest absolute Gasteiger partial charge is 0.378 e. The number of anilines is 3. The van der Waals surface area contributed by atoms with Crippen molar-refractivity contribution in [1.29, 1.82) is 0 Å². The van der Waals surface area contributed by atoms with Gasteiger partial charge in [-0.1, -0.05) is 13.8 Å². The molecule has 0 radical (unpaired) electrons. The lowest BCUT2D eigenvalue weighted by molar-refractivity contribution is -0.383. The quantitative estimate of drug-likeness (QED) is 0.649. The van der Waals surface area contributed by atoms with Gasteiger partial charge in [0.2, 0.25) is 17.6 Å². The lowest BCUT2D eigenvalue weighted by Crippen LogP contribution is -2.41. The highest BCUT2D eigenvalue weighted by Gasteiger charge is 2.31. The van der Waals surface area contributed by atoms with Gasteiger partial charge in [-0.05, 0) is 18.3 Å². The number of nitro groups is 1. The van der Waals surface area contributed by atoms with Crippen LogP contribution in [0.5, 0.6) is 0 Å². The first-order valence-electron chi connectivity index (χ1n) is 8.35. The summed E-state index contributed by atoms with van der Waals surface area (Å²) in [7, 11) is 0. The Morgan fingerprint density at radius 2 is 1.79 bits per heavy atom. The third-order valence-corrected chi connectivity index (χ3v) is 4.53. The standard InChI is InChI=1S/C15H24N6O3/c1-10-7-11(2)9-20(8-10)15-17-13(16)12(21(22)23)14(18-15)19-3-5-24-6-4-19/h10-11H,3-9H2,1-2H3,(H2,16,17,18)/t10-,11-/m0/s1. The predicted octanol–water partition coefficient (Wildman–Crippen LogP) is 1.29. The van der Waals surface area contributed by atoms with Gasteiger partial charge in [0.1, 0.15) is 0 Å². The van der Waals surface area contributed by atoms with Gasteiger partial charge in [0.25, 0.3) is 0 Å². The second kappa shape index (κ2) is 6.76. The lowest BCUT2D eigenvalue weighted by atomic mass is 9.92. The molecule has 0 spiro atoms. The van der Waals surface area contributed by atoms with Crippen LogP contribution in [-0.2, 0) is 4.74 Å². The molecule has 3 rings (SSSR count). The highest BCUT2D eigenvalue weighted by Crippen LogP contribution is 2.34. The lowest BCUT2D eigenvalue weighted by Gasteiger charge is -2.35. The molecule has 2 aliphatic rings. The fraction of sp³-hybridized carbons (Fsp3) is 0.733. The van der Waals surface area contributed by atoms with Crippen LogP contribution in [0.15, 0.2) is 0 Å². The van der Waals surface area contributed by atoms with Crippen molar-refractivity contribution in [2.45, 2.75) is 20.3 Å². The minimum absolute atomic E-state index is 0.0719. The minimum Gasteiger partial charge on any atom is -0.378 e. The van der Waals surface area contributed by atoms with Gasteiger partial charge in [-0.3, -0.25) is 10.1 Å². The van der Waals surface area contributed by atoms with Crippen molar-refractivity contribution in [3.8, 4) is 0 Å². The Balaban J connectivity index is 1.99. The molecule has 3 heterocycles. The zero-order valence-electron chi connectivity index (χ0n) is 14.1. The number of hydrogen-bond acceptors (Lipinski definition) is 8. The van der Waals surface area contributed by atoms with Crippen LogP contribution < -0.4 is 15.5 Å². The Morgan fingerprint density at radius 3 is 2.38 bits per heavy atom. The maximum atomic E-state index is 11.5. The molecule has 2 aliphatic heterocycles. The van der Waals surface area contributed by atoms with Gasteiger partial charge in [-0.15, -0.1) is 0 Å². The van der Waals surface area contributed by atoms with Crippen LogP contribution in [0.3, 0.4) is 0 Å². The van der Waals surface area contributed by atoms with Crippen LogP contribution in [0.2, 0.25) is 0 Å². The summed E-state index contributed by atoms with van der Waals surface area (Å²) < 4.78 is 5.33. The van der Waals surface area contributed by atoms with E-state index in [-0.39, 0.29) is 11.5 Å². The number of rotatable bonds is 3. The molecule has 2 atom stereocenters. The molecule has 0 saturated carbocycles. The van der Waals surface area contributed by atoms with Crippen molar-refractivity contribution in [3.05, 3.63) is 10.1 Å². The molecule has 0 bridgehead atoms. The van der Waals surface area contributed by atoms with Crippen LogP contribution in [0.25, 0.3) is 0 Å². The zero-order chi connectivity index (χ0) is 17.3. The molecule has 2 N–H and O–H groups in total. The summed E-state index contributed by atoms with van der Waals surface area (Å²) >= 11 is 0. The van der Waals surface area contributed by atoms with E-state index in [4.69, 9.17) is 10.5 Å². The fourth-order valence-electron chi connectivity index (χ4n) is 3.59. The maximum Gasteiger partial charge on any atom is 0.353 e. The van der Waals surface area contributed by atoms with E-state index < -0.39 is 4.92 Å². The first-order chi connectivity index (χ1) is 11.5. The molecular formula is C15H24N6O3. The molecule has 2 saturated heterocycles. The monoisotopic (exact) mass is 336 g/mol. The molecular weight excluding hydrogens is 312 g/mol. The molecule has 0 aliphatic carbocycles. The normalized spacial score (nSPS) is 24.9. The second-order valence-electron chi connectivity index (χ2n) is 6.79. The van der Waals surface area contributed by atoms with Crippen molar-refractivity contribution in [2.24, 2.45) is 11.8 Å². The number of aromatic nitrogens is 2. The van der Waals surface area contributed by atoms with Crippen molar-refractivity contribution < 1.29 is 9.66 Å². The van der Waals surface area contributed by atoms with E-state index in [1.54, 1.807) is 0 Å². The number of nitrogens with two attached hydrogens (primary N) is 1. The first kappa shape index (κ1) is 16.7. The highest BCUT2D eigenvalue weighted by atomic mass is 16.6. The third-order valence-electron chi connectivity index (χ3n) is 4.53. The van der Waals surface area contributed by atoms with E-state index >= 15 is 0 Å². The van der Waals surface area contributed by atoms with Crippen LogP contribution in [-0.4, -0.2) is 54.3 Å². The van der Waals surface area contributed by atoms with Gasteiger partial charge >= 0.3 is 5.69 Å². The van der Waals surface area contributed by atoms with Crippen LogP contribution >= 0.6 is 0 Å². The highest BCUT2D eigenvalue weighted by molar-refractivity contribution is 5.71. The van der Waals surface area contributed by atoms with Gasteiger partial charge in [-0.25, -0.2) is 0 Å². The smallest absolute Gasteiger partial charge is 0.353 e. The Morgan fingerprint density at radius 1 is 1.17 bits per heavy atom. The molecule has 0 amide bonds. The van der Waals surface area contributed by atoms with Gasteiger partial charge in [0.15, 0.2) is 0 Å². The minimum atomic E-state index is -0.495. The van der Waals surface area contributed by atoms with Crippen molar-refractivity contribution in [1.82, 2.24) is 9.97 Å². The molecule has 9 heteroatoms.